The molecule has 0 aliphatic carbocycles. The minimum atomic E-state index is -0.657. The summed E-state index contributed by atoms with van der Waals surface area (Å²) in [5.74, 6) is 0.275. The molecule has 0 fully saturated rings. The van der Waals surface area contributed by atoms with Crippen LogP contribution in [0.5, 0.6) is 17.2 Å². The Morgan fingerprint density at radius 2 is 1.88 bits per heavy atom. The number of rotatable bonds is 15. The van der Waals surface area contributed by atoms with E-state index in [1.165, 1.54) is 25.5 Å². The average Bonchev–Trinajstić information content (AvgIpc) is 3.06. The molecule has 3 aromatic carbocycles. The minimum Gasteiger partial charge on any atom is -0.493 e. The maximum Gasteiger partial charge on any atom is 0.338 e. The van der Waals surface area contributed by atoms with Crippen LogP contribution < -0.4 is 30.3 Å². The Bertz CT molecular complexity index is 1760. The number of allylic oxidation sites excluding steroid dienone is 2. The van der Waals surface area contributed by atoms with Crippen LogP contribution in [0.1, 0.15) is 42.1 Å². The van der Waals surface area contributed by atoms with Crippen LogP contribution in [0.4, 0.5) is 5.69 Å². The van der Waals surface area contributed by atoms with E-state index >= 15 is 0 Å². The van der Waals surface area contributed by atoms with Crippen molar-refractivity contribution in [2.75, 3.05) is 20.3 Å². The van der Waals surface area contributed by atoms with Gasteiger partial charge in [0, 0.05) is 29.0 Å². The topological polar surface area (TPSA) is 163 Å². The highest BCUT2D eigenvalue weighted by Gasteiger charge is 2.32. The fraction of sp³-hybridized carbons (Fsp3) is 0.235. The van der Waals surface area contributed by atoms with Crippen LogP contribution in [0.2, 0.25) is 0 Å². The van der Waals surface area contributed by atoms with Gasteiger partial charge in [0.25, 0.3) is 11.6 Å². The molecule has 0 aromatic heterocycles. The van der Waals surface area contributed by atoms with Crippen LogP contribution >= 0.6 is 12.2 Å². The number of para-hydroxylation sites is 1. The van der Waals surface area contributed by atoms with Gasteiger partial charge >= 0.3 is 5.97 Å². The molecule has 3 N–H and O–H groups in total. The lowest BCUT2D eigenvalue weighted by Gasteiger charge is -2.30. The van der Waals surface area contributed by atoms with Gasteiger partial charge in [0.15, 0.2) is 23.2 Å². The second kappa shape index (κ2) is 16.7. The molecule has 1 amide bonds. The van der Waals surface area contributed by atoms with Gasteiger partial charge in [-0.1, -0.05) is 24.3 Å². The van der Waals surface area contributed by atoms with E-state index in [1.54, 1.807) is 62.4 Å². The van der Waals surface area contributed by atoms with Gasteiger partial charge < -0.3 is 29.6 Å². The molecule has 0 unspecified atom stereocenters. The number of carbonyl (C=O) groups is 2. The van der Waals surface area contributed by atoms with Crippen molar-refractivity contribution < 1.29 is 33.5 Å². The van der Waals surface area contributed by atoms with Gasteiger partial charge in [-0.15, -0.1) is 6.58 Å². The van der Waals surface area contributed by atoms with Crippen molar-refractivity contribution in [2.45, 2.75) is 32.9 Å². The summed E-state index contributed by atoms with van der Waals surface area (Å²) in [7, 11) is 1.50. The van der Waals surface area contributed by atoms with Crippen LogP contribution in [0, 0.1) is 10.1 Å². The van der Waals surface area contributed by atoms with Gasteiger partial charge in [-0.05, 0) is 73.9 Å². The number of nitro benzene ring substituents is 1. The molecular weight excluding hydrogens is 638 g/mol. The molecule has 0 saturated carbocycles. The molecule has 3 aromatic rings. The number of amides is 1. The molecule has 0 spiro atoms. The predicted molar refractivity (Wildman–Crippen MR) is 183 cm³/mol. The van der Waals surface area contributed by atoms with E-state index in [-0.39, 0.29) is 25.5 Å². The van der Waals surface area contributed by atoms with Gasteiger partial charge in [0.2, 0.25) is 0 Å². The number of non-ortho nitro benzene ring substituents is 1. The summed E-state index contributed by atoms with van der Waals surface area (Å²) >= 11 is 5.32. The van der Waals surface area contributed by atoms with E-state index < -0.39 is 22.8 Å². The van der Waals surface area contributed by atoms with Crippen LogP contribution in [-0.2, 0) is 27.4 Å². The summed E-state index contributed by atoms with van der Waals surface area (Å²) < 4.78 is 22.7. The molecule has 1 aliphatic rings. The van der Waals surface area contributed by atoms with Crippen molar-refractivity contribution in [3.8, 4) is 17.2 Å². The number of hydrogen-bond acceptors (Lipinski definition) is 10. The molecule has 1 heterocycles. The zero-order valence-electron chi connectivity index (χ0n) is 26.6. The molecule has 1 atom stereocenters. The molecule has 14 heteroatoms. The van der Waals surface area contributed by atoms with E-state index in [0.29, 0.717) is 51.2 Å². The number of methoxy groups -OCH3 is 1. The Morgan fingerprint density at radius 1 is 1.12 bits per heavy atom. The first-order chi connectivity index (χ1) is 23.1. The van der Waals surface area contributed by atoms with Crippen LogP contribution in [-0.4, -0.2) is 48.5 Å². The molecule has 0 radical (unpaired) electrons. The smallest absolute Gasteiger partial charge is 0.338 e. The lowest BCUT2D eigenvalue weighted by atomic mass is 9.95. The van der Waals surface area contributed by atoms with E-state index in [0.717, 1.165) is 11.1 Å². The van der Waals surface area contributed by atoms with Crippen molar-refractivity contribution in [1.29, 1.82) is 0 Å². The van der Waals surface area contributed by atoms with E-state index in [4.69, 9.17) is 31.2 Å². The third-order valence-corrected chi connectivity index (χ3v) is 7.24. The Labute approximate surface area is 282 Å². The third-order valence-electron chi connectivity index (χ3n) is 7.02. The first-order valence-electron chi connectivity index (χ1n) is 14.8. The highest BCUT2D eigenvalue weighted by molar-refractivity contribution is 7.80. The molecule has 0 saturated heterocycles. The van der Waals surface area contributed by atoms with Crippen LogP contribution in [0.15, 0.2) is 89.7 Å². The zero-order chi connectivity index (χ0) is 34.6. The van der Waals surface area contributed by atoms with E-state index in [9.17, 15) is 19.7 Å². The summed E-state index contributed by atoms with van der Waals surface area (Å²) in [6.07, 6.45) is 3.63. The summed E-state index contributed by atoms with van der Waals surface area (Å²) in [6.45, 7) is 7.28. The fourth-order valence-corrected chi connectivity index (χ4v) is 5.13. The molecular formula is C34H35N5O8S. The molecule has 4 rings (SSSR count). The first kappa shape index (κ1) is 35.1. The number of nitro groups is 1. The van der Waals surface area contributed by atoms with E-state index in [2.05, 4.69) is 27.7 Å². The quantitative estimate of drug-likeness (QED) is 0.0508. The molecule has 250 valence electrons. The predicted octanol–water partition coefficient (Wildman–Crippen LogP) is 4.80. The molecule has 1 aliphatic heterocycles. The fourth-order valence-electron chi connectivity index (χ4n) is 4.86. The minimum absolute atomic E-state index is 0.00690. The second-order valence-corrected chi connectivity index (χ2v) is 10.7. The standard InChI is InChI=1S/C34H35N5O8S/c1-5-9-24-16-23(17-28(44-4)32(24)47-19-22-12-14-25(15-13-22)39(42)43)18-35-38-29(40)20-46-27-11-8-7-10-26(27)31-30(33(41)45-6-2)21(3)36-34(48)37-31/h5,7-8,10-18,31H,1,6,9,19-20H2,2-4H3,(H,38,40)(H2,36,37,48)/t31-/m0/s1. The molecule has 13 nitrogen and oxygen atoms in total. The summed E-state index contributed by atoms with van der Waals surface area (Å²) in [6, 6.07) is 16.0. The number of ether oxygens (including phenoxy) is 4. The maximum absolute atomic E-state index is 12.8. The summed E-state index contributed by atoms with van der Waals surface area (Å²) in [5, 5.41) is 21.4. The maximum atomic E-state index is 12.8. The van der Waals surface area contributed by atoms with Crippen LogP contribution in [0.25, 0.3) is 0 Å². The normalized spacial score (nSPS) is 14.1. The SMILES string of the molecule is C=CCc1cc(C=NNC(=O)COc2ccccc2[C@@H]2NC(=S)NC(C)=C2C(=O)OCC)cc(OC)c1OCc1ccc([N+](=O)[O-])cc1. The highest BCUT2D eigenvalue weighted by atomic mass is 32.1. The van der Waals surface area contributed by atoms with E-state index in [1.807, 2.05) is 6.07 Å². The average molecular weight is 674 g/mol. The van der Waals surface area contributed by atoms with Gasteiger partial charge in [-0.2, -0.15) is 5.10 Å². The van der Waals surface area contributed by atoms with Gasteiger partial charge in [0.05, 0.1) is 36.5 Å². The second-order valence-electron chi connectivity index (χ2n) is 10.3. The Balaban J connectivity index is 1.43. The van der Waals surface area contributed by atoms with Crippen molar-refractivity contribution in [3.05, 3.63) is 117 Å². The van der Waals surface area contributed by atoms with Crippen molar-refractivity contribution in [2.24, 2.45) is 5.10 Å². The number of hydrazone groups is 1. The highest BCUT2D eigenvalue weighted by Crippen LogP contribution is 2.35. The lowest BCUT2D eigenvalue weighted by Crippen LogP contribution is -2.45. The third kappa shape index (κ3) is 8.94. The summed E-state index contributed by atoms with van der Waals surface area (Å²) in [4.78, 5) is 36.0. The zero-order valence-corrected chi connectivity index (χ0v) is 27.4. The largest absolute Gasteiger partial charge is 0.493 e. The Kier molecular flexibility index (Phi) is 12.2. The molecule has 0 bridgehead atoms. The number of thiocarbonyl (C=S) groups is 1. The van der Waals surface area contributed by atoms with Gasteiger partial charge in [-0.3, -0.25) is 14.9 Å². The van der Waals surface area contributed by atoms with Gasteiger partial charge in [0.1, 0.15) is 12.4 Å². The number of benzene rings is 3. The van der Waals surface area contributed by atoms with Crippen molar-refractivity contribution in [1.82, 2.24) is 16.1 Å². The molecule has 48 heavy (non-hydrogen) atoms. The number of carbonyl (C=O) groups excluding carboxylic acids is 2. The van der Waals surface area contributed by atoms with Crippen molar-refractivity contribution >= 4 is 41.1 Å². The number of nitrogens with zero attached hydrogens (tertiary/aromatic N) is 2. The van der Waals surface area contributed by atoms with Crippen molar-refractivity contribution in [3.63, 3.8) is 0 Å². The first-order valence-corrected chi connectivity index (χ1v) is 15.2. The summed E-state index contributed by atoms with van der Waals surface area (Å²) in [5.41, 5.74) is 6.08. The Morgan fingerprint density at radius 3 is 2.56 bits per heavy atom. The number of esters is 1. The van der Waals surface area contributed by atoms with Crippen LogP contribution in [0.3, 0.4) is 0 Å². The monoisotopic (exact) mass is 673 g/mol. The van der Waals surface area contributed by atoms with Gasteiger partial charge in [-0.25, -0.2) is 10.2 Å². The lowest BCUT2D eigenvalue weighted by molar-refractivity contribution is -0.384. The Hall–Kier alpha value is -5.76. The number of hydrogen-bond donors (Lipinski definition) is 3. The number of nitrogens with one attached hydrogen (secondary N) is 3.